The van der Waals surface area contributed by atoms with Gasteiger partial charge in [0.1, 0.15) is 5.82 Å². The van der Waals surface area contributed by atoms with Gasteiger partial charge < -0.3 is 10.3 Å². The fourth-order valence-corrected chi connectivity index (χ4v) is 2.97. The van der Waals surface area contributed by atoms with Gasteiger partial charge in [0.15, 0.2) is 0 Å². The minimum atomic E-state index is -0.126. The molecule has 0 radical (unpaired) electrons. The van der Waals surface area contributed by atoms with Crippen molar-refractivity contribution >= 4 is 32.9 Å². The quantitative estimate of drug-likeness (QED) is 0.688. The molecule has 23 heavy (non-hydrogen) atoms. The summed E-state index contributed by atoms with van der Waals surface area (Å²) in [5, 5.41) is 3.09. The molecular formula is C18H18BrN3O. The number of H-pyrrole nitrogens is 1. The molecular weight excluding hydrogens is 354 g/mol. The second-order valence-electron chi connectivity index (χ2n) is 5.46. The number of imidazole rings is 1. The number of aromatic amines is 1. The highest BCUT2D eigenvalue weighted by atomic mass is 79.9. The lowest BCUT2D eigenvalue weighted by atomic mass is 10.1. The molecule has 0 aliphatic heterocycles. The van der Waals surface area contributed by atoms with Gasteiger partial charge in [0.2, 0.25) is 0 Å². The van der Waals surface area contributed by atoms with Crippen LogP contribution in [-0.2, 0) is 0 Å². The molecule has 0 saturated heterocycles. The Morgan fingerprint density at radius 1 is 1.26 bits per heavy atom. The largest absolute Gasteiger partial charge is 0.342 e. The van der Waals surface area contributed by atoms with E-state index in [9.17, 15) is 4.79 Å². The van der Waals surface area contributed by atoms with Crippen LogP contribution in [0.2, 0.25) is 0 Å². The number of amides is 1. The van der Waals surface area contributed by atoms with Gasteiger partial charge in [-0.3, -0.25) is 4.79 Å². The Kier molecular flexibility index (Phi) is 4.76. The molecule has 3 rings (SSSR count). The Morgan fingerprint density at radius 3 is 2.83 bits per heavy atom. The van der Waals surface area contributed by atoms with Gasteiger partial charge in [-0.05, 0) is 36.8 Å². The van der Waals surface area contributed by atoms with Crippen molar-refractivity contribution in [3.05, 3.63) is 64.4 Å². The van der Waals surface area contributed by atoms with Crippen LogP contribution in [0.25, 0.3) is 11.0 Å². The predicted molar refractivity (Wildman–Crippen MR) is 95.4 cm³/mol. The van der Waals surface area contributed by atoms with Crippen LogP contribution in [0.3, 0.4) is 0 Å². The van der Waals surface area contributed by atoms with E-state index >= 15 is 0 Å². The molecule has 0 fully saturated rings. The first-order valence-corrected chi connectivity index (χ1v) is 8.47. The van der Waals surface area contributed by atoms with E-state index in [0.29, 0.717) is 5.56 Å². The molecule has 1 atom stereocenters. The summed E-state index contributed by atoms with van der Waals surface area (Å²) in [5.41, 5.74) is 2.54. The fraction of sp³-hybridized carbons (Fsp3) is 0.222. The summed E-state index contributed by atoms with van der Waals surface area (Å²) in [7, 11) is 0. The average molecular weight is 372 g/mol. The number of nitrogens with zero attached hydrogens (tertiary/aromatic N) is 1. The molecule has 0 unspecified atom stereocenters. The van der Waals surface area contributed by atoms with Gasteiger partial charge in [-0.1, -0.05) is 47.5 Å². The van der Waals surface area contributed by atoms with Crippen LogP contribution in [0.15, 0.2) is 53.0 Å². The van der Waals surface area contributed by atoms with E-state index in [1.165, 1.54) is 0 Å². The van der Waals surface area contributed by atoms with Crippen LogP contribution in [-0.4, -0.2) is 15.9 Å². The number of carbonyl (C=O) groups is 1. The Morgan fingerprint density at radius 2 is 2.09 bits per heavy atom. The van der Waals surface area contributed by atoms with Crippen molar-refractivity contribution in [3.63, 3.8) is 0 Å². The van der Waals surface area contributed by atoms with E-state index in [2.05, 4.69) is 38.1 Å². The first-order valence-electron chi connectivity index (χ1n) is 7.68. The smallest absolute Gasteiger partial charge is 0.251 e. The van der Waals surface area contributed by atoms with E-state index in [1.54, 1.807) is 0 Å². The SMILES string of the molecule is CCC[C@@H](NC(=O)c1cccc(Br)c1)c1nc2ccccc2[nH]1. The van der Waals surface area contributed by atoms with Crippen molar-refractivity contribution in [1.29, 1.82) is 0 Å². The van der Waals surface area contributed by atoms with Crippen LogP contribution in [0.4, 0.5) is 0 Å². The number of rotatable bonds is 5. The maximum absolute atomic E-state index is 12.5. The molecule has 1 amide bonds. The maximum Gasteiger partial charge on any atom is 0.251 e. The number of fused-ring (bicyclic) bond motifs is 1. The molecule has 2 N–H and O–H groups in total. The van der Waals surface area contributed by atoms with E-state index in [0.717, 1.165) is 34.2 Å². The Balaban J connectivity index is 1.85. The standard InChI is InChI=1S/C18H18BrN3O/c1-2-6-16(17-20-14-9-3-4-10-15(14)21-17)22-18(23)12-7-5-8-13(19)11-12/h3-5,7-11,16H,2,6H2,1H3,(H,20,21)(H,22,23)/t16-/m1/s1. The Labute approximate surface area is 143 Å². The molecule has 2 aromatic carbocycles. The fourth-order valence-electron chi connectivity index (χ4n) is 2.57. The van der Waals surface area contributed by atoms with Gasteiger partial charge in [0.25, 0.3) is 5.91 Å². The minimum Gasteiger partial charge on any atom is -0.342 e. The van der Waals surface area contributed by atoms with Crippen molar-refractivity contribution in [1.82, 2.24) is 15.3 Å². The van der Waals surface area contributed by atoms with E-state index in [1.807, 2.05) is 48.5 Å². The molecule has 0 aliphatic rings. The molecule has 3 aromatic rings. The molecule has 1 aromatic heterocycles. The van der Waals surface area contributed by atoms with Crippen molar-refractivity contribution in [2.75, 3.05) is 0 Å². The molecule has 0 aliphatic carbocycles. The highest BCUT2D eigenvalue weighted by Crippen LogP contribution is 2.21. The summed E-state index contributed by atoms with van der Waals surface area (Å²) in [4.78, 5) is 20.4. The van der Waals surface area contributed by atoms with Crippen LogP contribution in [0.5, 0.6) is 0 Å². The zero-order chi connectivity index (χ0) is 16.2. The third-order valence-corrected chi connectivity index (χ3v) is 4.20. The number of halogens is 1. The number of hydrogen-bond acceptors (Lipinski definition) is 2. The van der Waals surface area contributed by atoms with Crippen LogP contribution in [0.1, 0.15) is 42.0 Å². The van der Waals surface area contributed by atoms with Crippen LogP contribution < -0.4 is 5.32 Å². The first kappa shape index (κ1) is 15.7. The maximum atomic E-state index is 12.5. The van der Waals surface area contributed by atoms with Gasteiger partial charge in [0, 0.05) is 10.0 Å². The number of para-hydroxylation sites is 2. The Hall–Kier alpha value is -2.14. The Bertz CT molecular complexity index is 795. The third-order valence-electron chi connectivity index (χ3n) is 3.71. The second-order valence-corrected chi connectivity index (χ2v) is 6.38. The molecule has 1 heterocycles. The monoisotopic (exact) mass is 371 g/mol. The number of hydrogen-bond donors (Lipinski definition) is 2. The third kappa shape index (κ3) is 3.62. The van der Waals surface area contributed by atoms with Gasteiger partial charge >= 0.3 is 0 Å². The number of benzene rings is 2. The van der Waals surface area contributed by atoms with Gasteiger partial charge in [-0.2, -0.15) is 0 Å². The van der Waals surface area contributed by atoms with Gasteiger partial charge in [-0.25, -0.2) is 4.98 Å². The van der Waals surface area contributed by atoms with Crippen molar-refractivity contribution in [2.45, 2.75) is 25.8 Å². The molecule has 0 spiro atoms. The lowest BCUT2D eigenvalue weighted by Crippen LogP contribution is -2.29. The summed E-state index contributed by atoms with van der Waals surface area (Å²) in [6.45, 7) is 2.10. The first-order chi connectivity index (χ1) is 11.2. The van der Waals surface area contributed by atoms with E-state index in [-0.39, 0.29) is 11.9 Å². The highest BCUT2D eigenvalue weighted by molar-refractivity contribution is 9.10. The lowest BCUT2D eigenvalue weighted by Gasteiger charge is -2.16. The van der Waals surface area contributed by atoms with E-state index in [4.69, 9.17) is 0 Å². The summed E-state index contributed by atoms with van der Waals surface area (Å²) in [5.74, 6) is 0.710. The van der Waals surface area contributed by atoms with Crippen molar-refractivity contribution in [2.24, 2.45) is 0 Å². The molecule has 0 saturated carbocycles. The summed E-state index contributed by atoms with van der Waals surface area (Å²) < 4.78 is 0.890. The van der Waals surface area contributed by atoms with Crippen LogP contribution >= 0.6 is 15.9 Å². The molecule has 0 bridgehead atoms. The molecule has 118 valence electrons. The topological polar surface area (TPSA) is 57.8 Å². The van der Waals surface area contributed by atoms with E-state index < -0.39 is 0 Å². The predicted octanol–water partition coefficient (Wildman–Crippen LogP) is 4.60. The number of nitrogens with one attached hydrogen (secondary N) is 2. The number of aromatic nitrogens is 2. The minimum absolute atomic E-state index is 0.0924. The van der Waals surface area contributed by atoms with Crippen molar-refractivity contribution in [3.8, 4) is 0 Å². The lowest BCUT2D eigenvalue weighted by molar-refractivity contribution is 0.0932. The zero-order valence-corrected chi connectivity index (χ0v) is 14.4. The average Bonchev–Trinajstić information content (AvgIpc) is 2.98. The molecule has 4 nitrogen and oxygen atoms in total. The summed E-state index contributed by atoms with van der Waals surface area (Å²) in [6.07, 6.45) is 1.79. The van der Waals surface area contributed by atoms with Gasteiger partial charge in [0.05, 0.1) is 17.1 Å². The summed E-state index contributed by atoms with van der Waals surface area (Å²) in [6, 6.07) is 15.1. The van der Waals surface area contributed by atoms with Gasteiger partial charge in [-0.15, -0.1) is 0 Å². The number of carbonyl (C=O) groups excluding carboxylic acids is 1. The summed E-state index contributed by atoms with van der Waals surface area (Å²) >= 11 is 3.40. The van der Waals surface area contributed by atoms with Crippen molar-refractivity contribution < 1.29 is 4.79 Å². The van der Waals surface area contributed by atoms with Crippen LogP contribution in [0, 0.1) is 0 Å². The molecule has 5 heteroatoms. The second kappa shape index (κ2) is 6.96. The normalized spacial score (nSPS) is 12.3. The highest BCUT2D eigenvalue weighted by Gasteiger charge is 2.18. The zero-order valence-electron chi connectivity index (χ0n) is 12.8.